The predicted molar refractivity (Wildman–Crippen MR) is 79.3 cm³/mol. The molecule has 0 aliphatic carbocycles. The van der Waals surface area contributed by atoms with Crippen molar-refractivity contribution in [3.8, 4) is 0 Å². The zero-order valence-electron chi connectivity index (χ0n) is 11.8. The van der Waals surface area contributed by atoms with Crippen LogP contribution in [0.15, 0.2) is 5.38 Å². The van der Waals surface area contributed by atoms with Gasteiger partial charge in [-0.05, 0) is 18.9 Å². The summed E-state index contributed by atoms with van der Waals surface area (Å²) in [5.74, 6) is 0.958. The lowest BCUT2D eigenvalue weighted by molar-refractivity contribution is 0.516. The number of aromatic nitrogens is 1. The molecule has 1 fully saturated rings. The predicted octanol–water partition coefficient (Wildman–Crippen LogP) is 1.96. The molecular formula is C13H22N2O2S2. The summed E-state index contributed by atoms with van der Waals surface area (Å²) < 4.78 is 22.7. The first-order valence-electron chi connectivity index (χ1n) is 6.62. The van der Waals surface area contributed by atoms with Crippen LogP contribution in [-0.4, -0.2) is 31.5 Å². The summed E-state index contributed by atoms with van der Waals surface area (Å²) in [4.78, 5) is 4.61. The van der Waals surface area contributed by atoms with Crippen molar-refractivity contribution < 1.29 is 8.42 Å². The van der Waals surface area contributed by atoms with Crippen molar-refractivity contribution in [1.82, 2.24) is 10.3 Å². The third-order valence-electron chi connectivity index (χ3n) is 3.26. The van der Waals surface area contributed by atoms with Crippen molar-refractivity contribution in [3.63, 3.8) is 0 Å². The van der Waals surface area contributed by atoms with E-state index in [4.69, 9.17) is 0 Å². The zero-order valence-corrected chi connectivity index (χ0v) is 13.4. The molecule has 19 heavy (non-hydrogen) atoms. The van der Waals surface area contributed by atoms with Gasteiger partial charge < -0.3 is 5.32 Å². The van der Waals surface area contributed by atoms with Crippen LogP contribution in [0.3, 0.4) is 0 Å². The lowest BCUT2D eigenvalue weighted by Crippen LogP contribution is -2.23. The van der Waals surface area contributed by atoms with Crippen LogP contribution in [-0.2, 0) is 21.8 Å². The number of hydrogen-bond acceptors (Lipinski definition) is 5. The first-order valence-corrected chi connectivity index (χ1v) is 9.32. The Kier molecular flexibility index (Phi) is 4.32. The fraction of sp³-hybridized carbons (Fsp3) is 0.769. The Bertz CT molecular complexity index is 529. The highest BCUT2D eigenvalue weighted by Crippen LogP contribution is 2.25. The lowest BCUT2D eigenvalue weighted by atomic mass is 9.98. The van der Waals surface area contributed by atoms with Crippen molar-refractivity contribution in [3.05, 3.63) is 16.1 Å². The van der Waals surface area contributed by atoms with Crippen molar-refractivity contribution in [2.75, 3.05) is 18.1 Å². The van der Waals surface area contributed by atoms with E-state index in [0.717, 1.165) is 30.2 Å². The summed E-state index contributed by atoms with van der Waals surface area (Å²) in [6.45, 7) is 7.97. The van der Waals surface area contributed by atoms with E-state index in [1.807, 2.05) is 0 Å². The van der Waals surface area contributed by atoms with E-state index < -0.39 is 9.84 Å². The molecule has 0 aromatic carbocycles. The van der Waals surface area contributed by atoms with E-state index in [9.17, 15) is 8.42 Å². The number of rotatable bonds is 4. The highest BCUT2D eigenvalue weighted by molar-refractivity contribution is 7.91. The van der Waals surface area contributed by atoms with Gasteiger partial charge in [-0.15, -0.1) is 11.3 Å². The van der Waals surface area contributed by atoms with Gasteiger partial charge in [0.25, 0.3) is 0 Å². The molecule has 0 saturated carbocycles. The van der Waals surface area contributed by atoms with E-state index in [0.29, 0.717) is 11.5 Å². The van der Waals surface area contributed by atoms with Gasteiger partial charge in [-0.25, -0.2) is 13.4 Å². The number of thiazole rings is 1. The smallest absolute Gasteiger partial charge is 0.150 e. The Labute approximate surface area is 119 Å². The summed E-state index contributed by atoms with van der Waals surface area (Å²) in [6, 6.07) is 0. The quantitative estimate of drug-likeness (QED) is 0.924. The average Bonchev–Trinajstić information content (AvgIpc) is 2.85. The first-order chi connectivity index (χ1) is 8.76. The largest absolute Gasteiger partial charge is 0.311 e. The minimum Gasteiger partial charge on any atom is -0.311 e. The monoisotopic (exact) mass is 302 g/mol. The fourth-order valence-electron chi connectivity index (χ4n) is 2.17. The van der Waals surface area contributed by atoms with Crippen molar-refractivity contribution in [1.29, 1.82) is 0 Å². The van der Waals surface area contributed by atoms with Crippen LogP contribution in [0.1, 0.15) is 37.9 Å². The Hall–Kier alpha value is -0.460. The van der Waals surface area contributed by atoms with Gasteiger partial charge in [-0.3, -0.25) is 0 Å². The van der Waals surface area contributed by atoms with Gasteiger partial charge in [0.1, 0.15) is 0 Å². The summed E-state index contributed by atoms with van der Waals surface area (Å²) in [6.07, 6.45) is 0.791. The van der Waals surface area contributed by atoms with Gasteiger partial charge in [0.2, 0.25) is 0 Å². The minimum atomic E-state index is -2.76. The lowest BCUT2D eigenvalue weighted by Gasteiger charge is -2.13. The van der Waals surface area contributed by atoms with E-state index in [-0.39, 0.29) is 11.3 Å². The van der Waals surface area contributed by atoms with Gasteiger partial charge >= 0.3 is 0 Å². The van der Waals surface area contributed by atoms with Gasteiger partial charge in [-0.2, -0.15) is 0 Å². The first kappa shape index (κ1) is 14.9. The van der Waals surface area contributed by atoms with Crippen LogP contribution < -0.4 is 5.32 Å². The standard InChI is InChI=1S/C13H22N2O2S2/c1-13(2,3)12-15-11(8-18-12)7-14-6-10-4-5-19(16,17)9-10/h8,10,14H,4-7,9H2,1-3H3/t10-/m1/s1. The van der Waals surface area contributed by atoms with Crippen LogP contribution >= 0.6 is 11.3 Å². The maximum Gasteiger partial charge on any atom is 0.150 e. The van der Waals surface area contributed by atoms with Gasteiger partial charge in [0, 0.05) is 17.3 Å². The molecule has 1 N–H and O–H groups in total. The average molecular weight is 302 g/mol. The molecule has 0 amide bonds. The molecule has 0 radical (unpaired) electrons. The molecule has 2 rings (SSSR count). The maximum absolute atomic E-state index is 11.3. The van der Waals surface area contributed by atoms with E-state index in [1.54, 1.807) is 11.3 Å². The molecule has 6 heteroatoms. The molecule has 1 aliphatic heterocycles. The SMILES string of the molecule is CC(C)(C)c1nc(CNC[C@H]2CCS(=O)(=O)C2)cs1. The molecular weight excluding hydrogens is 280 g/mol. The molecule has 2 heterocycles. The second kappa shape index (κ2) is 5.50. The number of sulfone groups is 1. The number of hydrogen-bond donors (Lipinski definition) is 1. The molecule has 1 aliphatic rings. The summed E-state index contributed by atoms with van der Waals surface area (Å²) >= 11 is 1.69. The second-order valence-electron chi connectivity index (χ2n) is 6.29. The zero-order chi connectivity index (χ0) is 14.1. The van der Waals surface area contributed by atoms with Crippen molar-refractivity contribution in [2.45, 2.75) is 39.2 Å². The van der Waals surface area contributed by atoms with Crippen LogP contribution in [0, 0.1) is 5.92 Å². The molecule has 1 aromatic heterocycles. The van der Waals surface area contributed by atoms with Crippen LogP contribution in [0.4, 0.5) is 0 Å². The van der Waals surface area contributed by atoms with Gasteiger partial charge in [0.05, 0.1) is 22.2 Å². The highest BCUT2D eigenvalue weighted by Gasteiger charge is 2.27. The Morgan fingerprint density at radius 3 is 2.74 bits per heavy atom. The summed E-state index contributed by atoms with van der Waals surface area (Å²) in [5.41, 5.74) is 1.15. The van der Waals surface area contributed by atoms with E-state index >= 15 is 0 Å². The van der Waals surface area contributed by atoms with Crippen LogP contribution in [0.5, 0.6) is 0 Å². The second-order valence-corrected chi connectivity index (χ2v) is 9.38. The molecule has 0 bridgehead atoms. The van der Waals surface area contributed by atoms with Crippen molar-refractivity contribution in [2.24, 2.45) is 5.92 Å². The summed E-state index contributed by atoms with van der Waals surface area (Å²) in [7, 11) is -2.76. The third-order valence-corrected chi connectivity index (χ3v) is 6.41. The fourth-order valence-corrected chi connectivity index (χ4v) is 4.94. The molecule has 0 spiro atoms. The molecule has 108 valence electrons. The summed E-state index contributed by atoms with van der Waals surface area (Å²) in [5, 5.41) is 6.55. The molecule has 1 aromatic rings. The number of nitrogens with one attached hydrogen (secondary N) is 1. The third kappa shape index (κ3) is 4.26. The molecule has 1 atom stereocenters. The Morgan fingerprint density at radius 1 is 1.47 bits per heavy atom. The van der Waals surface area contributed by atoms with Crippen molar-refractivity contribution >= 4 is 21.2 Å². The molecule has 1 saturated heterocycles. The molecule has 0 unspecified atom stereocenters. The van der Waals surface area contributed by atoms with Crippen LogP contribution in [0.25, 0.3) is 0 Å². The topological polar surface area (TPSA) is 59.1 Å². The molecule has 4 nitrogen and oxygen atoms in total. The normalized spacial score (nSPS) is 22.8. The number of nitrogens with zero attached hydrogens (tertiary/aromatic N) is 1. The van der Waals surface area contributed by atoms with Crippen LogP contribution in [0.2, 0.25) is 0 Å². The Balaban J connectivity index is 1.79. The maximum atomic E-state index is 11.3. The minimum absolute atomic E-state index is 0.0997. The van der Waals surface area contributed by atoms with E-state index in [2.05, 4.69) is 36.5 Å². The van der Waals surface area contributed by atoms with Gasteiger partial charge in [-0.1, -0.05) is 20.8 Å². The van der Waals surface area contributed by atoms with E-state index in [1.165, 1.54) is 0 Å². The van der Waals surface area contributed by atoms with Gasteiger partial charge in [0.15, 0.2) is 9.84 Å². The Morgan fingerprint density at radius 2 is 2.21 bits per heavy atom. The highest BCUT2D eigenvalue weighted by atomic mass is 32.2.